The number of fused-ring (bicyclic) bond motifs is 1. The van der Waals surface area contributed by atoms with Gasteiger partial charge in [-0.05, 0) is 44.7 Å². The van der Waals surface area contributed by atoms with Crippen molar-refractivity contribution in [2.45, 2.75) is 52.2 Å². The summed E-state index contributed by atoms with van der Waals surface area (Å²) in [5.74, 6) is 0. The van der Waals surface area contributed by atoms with Gasteiger partial charge in [0.1, 0.15) is 5.60 Å². The third-order valence-corrected chi connectivity index (χ3v) is 3.43. The summed E-state index contributed by atoms with van der Waals surface area (Å²) in [6.07, 6.45) is 1.62. The Morgan fingerprint density at radius 1 is 1.37 bits per heavy atom. The van der Waals surface area contributed by atoms with Gasteiger partial charge in [-0.2, -0.15) is 0 Å². The minimum absolute atomic E-state index is 0.139. The maximum Gasteiger partial charge on any atom is 0.410 e. The van der Waals surface area contributed by atoms with Crippen LogP contribution in [0.3, 0.4) is 0 Å². The second-order valence-corrected chi connectivity index (χ2v) is 6.05. The van der Waals surface area contributed by atoms with Gasteiger partial charge in [0, 0.05) is 6.54 Å². The lowest BCUT2D eigenvalue weighted by Crippen LogP contribution is -2.42. The van der Waals surface area contributed by atoms with Crippen molar-refractivity contribution in [3.05, 3.63) is 35.4 Å². The molecule has 0 saturated carbocycles. The molecule has 0 radical (unpaired) electrons. The number of nitrogens with zero attached hydrogens (tertiary/aromatic N) is 1. The van der Waals surface area contributed by atoms with Crippen molar-refractivity contribution in [3.63, 3.8) is 0 Å². The molecular formula is C16H23NO2. The van der Waals surface area contributed by atoms with Crippen molar-refractivity contribution in [1.29, 1.82) is 0 Å². The minimum Gasteiger partial charge on any atom is -0.444 e. The summed E-state index contributed by atoms with van der Waals surface area (Å²) in [7, 11) is 0. The van der Waals surface area contributed by atoms with E-state index in [2.05, 4.69) is 25.1 Å². The summed E-state index contributed by atoms with van der Waals surface area (Å²) in [6.45, 7) is 8.58. The number of hydrogen-bond donors (Lipinski definition) is 0. The molecule has 104 valence electrons. The number of rotatable bonds is 1. The van der Waals surface area contributed by atoms with Gasteiger partial charge in [0.2, 0.25) is 0 Å². The first kappa shape index (κ1) is 13.9. The maximum atomic E-state index is 12.3. The van der Waals surface area contributed by atoms with Gasteiger partial charge in [0.15, 0.2) is 0 Å². The first-order chi connectivity index (χ1) is 8.92. The molecule has 1 atom stereocenters. The lowest BCUT2D eigenvalue weighted by atomic mass is 9.91. The average Bonchev–Trinajstić information content (AvgIpc) is 2.35. The van der Waals surface area contributed by atoms with Crippen LogP contribution in [0.4, 0.5) is 4.79 Å². The molecule has 0 fully saturated rings. The third kappa shape index (κ3) is 3.09. The molecule has 1 unspecified atom stereocenters. The molecule has 0 saturated heterocycles. The van der Waals surface area contributed by atoms with Crippen LogP contribution in [0, 0.1) is 0 Å². The first-order valence-electron chi connectivity index (χ1n) is 7.00. The fraction of sp³-hybridized carbons (Fsp3) is 0.562. The van der Waals surface area contributed by atoms with Crippen molar-refractivity contribution >= 4 is 6.09 Å². The highest BCUT2D eigenvalue weighted by Gasteiger charge is 2.32. The van der Waals surface area contributed by atoms with Gasteiger partial charge >= 0.3 is 6.09 Å². The van der Waals surface area contributed by atoms with E-state index in [-0.39, 0.29) is 12.1 Å². The Bertz CT molecular complexity index is 462. The second kappa shape index (κ2) is 5.24. The van der Waals surface area contributed by atoms with E-state index in [4.69, 9.17) is 4.74 Å². The molecule has 2 rings (SSSR count). The predicted molar refractivity (Wildman–Crippen MR) is 76.1 cm³/mol. The lowest BCUT2D eigenvalue weighted by Gasteiger charge is -2.37. The summed E-state index contributed by atoms with van der Waals surface area (Å²) in [4.78, 5) is 14.2. The van der Waals surface area contributed by atoms with Gasteiger partial charge in [-0.3, -0.25) is 0 Å². The Balaban J connectivity index is 2.22. The largest absolute Gasteiger partial charge is 0.444 e. The van der Waals surface area contributed by atoms with E-state index in [1.807, 2.05) is 31.7 Å². The van der Waals surface area contributed by atoms with Crippen LogP contribution in [0.5, 0.6) is 0 Å². The van der Waals surface area contributed by atoms with Crippen molar-refractivity contribution in [3.8, 4) is 0 Å². The molecular weight excluding hydrogens is 238 g/mol. The Morgan fingerprint density at radius 2 is 2.05 bits per heavy atom. The van der Waals surface area contributed by atoms with Gasteiger partial charge in [0.25, 0.3) is 0 Å². The molecule has 3 heteroatoms. The fourth-order valence-corrected chi connectivity index (χ4v) is 2.63. The third-order valence-electron chi connectivity index (χ3n) is 3.43. The molecule has 1 aromatic carbocycles. The summed E-state index contributed by atoms with van der Waals surface area (Å²) in [6, 6.07) is 8.53. The average molecular weight is 261 g/mol. The molecule has 0 aromatic heterocycles. The highest BCUT2D eigenvalue weighted by molar-refractivity contribution is 5.69. The Hall–Kier alpha value is -1.51. The molecule has 0 spiro atoms. The van der Waals surface area contributed by atoms with Crippen LogP contribution in [0.25, 0.3) is 0 Å². The Labute approximate surface area is 115 Å². The normalized spacial score (nSPS) is 18.9. The molecule has 0 N–H and O–H groups in total. The van der Waals surface area contributed by atoms with E-state index in [1.165, 1.54) is 11.1 Å². The van der Waals surface area contributed by atoms with E-state index in [9.17, 15) is 4.79 Å². The molecule has 1 aliphatic rings. The van der Waals surface area contributed by atoms with Crippen LogP contribution in [0.1, 0.15) is 51.3 Å². The molecule has 3 nitrogen and oxygen atoms in total. The van der Waals surface area contributed by atoms with E-state index in [0.717, 1.165) is 19.4 Å². The number of ether oxygens (including phenoxy) is 1. The molecule has 1 heterocycles. The summed E-state index contributed by atoms with van der Waals surface area (Å²) in [5, 5.41) is 0. The van der Waals surface area contributed by atoms with Crippen LogP contribution < -0.4 is 0 Å². The topological polar surface area (TPSA) is 29.5 Å². The molecule has 0 bridgehead atoms. The zero-order valence-corrected chi connectivity index (χ0v) is 12.3. The first-order valence-corrected chi connectivity index (χ1v) is 7.00. The van der Waals surface area contributed by atoms with Gasteiger partial charge in [-0.25, -0.2) is 4.79 Å². The number of benzene rings is 1. The summed E-state index contributed by atoms with van der Waals surface area (Å²) < 4.78 is 5.51. The standard InChI is InChI=1S/C16H23NO2/c1-5-14-13-9-7-6-8-12(13)10-11-17(14)15(18)19-16(2,3)4/h6-9,14H,5,10-11H2,1-4H3. The van der Waals surface area contributed by atoms with Gasteiger partial charge in [0.05, 0.1) is 6.04 Å². The monoisotopic (exact) mass is 261 g/mol. The zero-order valence-electron chi connectivity index (χ0n) is 12.3. The van der Waals surface area contributed by atoms with Crippen LogP contribution in [-0.4, -0.2) is 23.1 Å². The van der Waals surface area contributed by atoms with Gasteiger partial charge < -0.3 is 9.64 Å². The molecule has 1 amide bonds. The lowest BCUT2D eigenvalue weighted by molar-refractivity contribution is 0.0137. The van der Waals surface area contributed by atoms with E-state index >= 15 is 0 Å². The van der Waals surface area contributed by atoms with Crippen molar-refractivity contribution in [2.75, 3.05) is 6.54 Å². The van der Waals surface area contributed by atoms with Crippen LogP contribution >= 0.6 is 0 Å². The van der Waals surface area contributed by atoms with Crippen LogP contribution in [-0.2, 0) is 11.2 Å². The molecule has 19 heavy (non-hydrogen) atoms. The summed E-state index contributed by atoms with van der Waals surface area (Å²) in [5.41, 5.74) is 2.18. The van der Waals surface area contributed by atoms with Crippen molar-refractivity contribution < 1.29 is 9.53 Å². The van der Waals surface area contributed by atoms with Crippen molar-refractivity contribution in [2.24, 2.45) is 0 Å². The maximum absolute atomic E-state index is 12.3. The van der Waals surface area contributed by atoms with E-state index in [1.54, 1.807) is 0 Å². The van der Waals surface area contributed by atoms with E-state index < -0.39 is 5.60 Å². The smallest absolute Gasteiger partial charge is 0.410 e. The predicted octanol–water partition coefficient (Wildman–Crippen LogP) is 3.93. The van der Waals surface area contributed by atoms with Crippen molar-refractivity contribution in [1.82, 2.24) is 4.90 Å². The Morgan fingerprint density at radius 3 is 2.68 bits per heavy atom. The van der Waals surface area contributed by atoms with Gasteiger partial charge in [-0.15, -0.1) is 0 Å². The molecule has 1 aromatic rings. The SMILES string of the molecule is CCC1c2ccccc2CCN1C(=O)OC(C)(C)C. The fourth-order valence-electron chi connectivity index (χ4n) is 2.63. The minimum atomic E-state index is -0.438. The number of amides is 1. The highest BCUT2D eigenvalue weighted by Crippen LogP contribution is 2.32. The second-order valence-electron chi connectivity index (χ2n) is 6.05. The number of carbonyl (C=O) groups excluding carboxylic acids is 1. The van der Waals surface area contributed by atoms with Crippen LogP contribution in [0.15, 0.2) is 24.3 Å². The molecule has 0 aliphatic carbocycles. The quantitative estimate of drug-likeness (QED) is 0.766. The van der Waals surface area contributed by atoms with E-state index in [0.29, 0.717) is 0 Å². The molecule has 1 aliphatic heterocycles. The zero-order chi connectivity index (χ0) is 14.0. The Kier molecular flexibility index (Phi) is 3.83. The number of hydrogen-bond acceptors (Lipinski definition) is 2. The summed E-state index contributed by atoms with van der Waals surface area (Å²) >= 11 is 0. The highest BCUT2D eigenvalue weighted by atomic mass is 16.6. The number of carbonyl (C=O) groups is 1. The van der Waals surface area contributed by atoms with Crippen LogP contribution in [0.2, 0.25) is 0 Å². The van der Waals surface area contributed by atoms with Gasteiger partial charge in [-0.1, -0.05) is 31.2 Å².